The number of rotatable bonds is 9. The maximum atomic E-state index is 5.56. The summed E-state index contributed by atoms with van der Waals surface area (Å²) in [4.78, 5) is 4.41. The van der Waals surface area contributed by atoms with Crippen LogP contribution in [0.1, 0.15) is 0 Å². The van der Waals surface area contributed by atoms with Gasteiger partial charge in [-0.05, 0) is 60.7 Å². The zero-order chi connectivity index (χ0) is 20.8. The van der Waals surface area contributed by atoms with E-state index >= 15 is 0 Å². The lowest BCUT2D eigenvalue weighted by atomic mass is 10.1. The van der Waals surface area contributed by atoms with Crippen LogP contribution in [-0.2, 0) is 0 Å². The molecule has 6 heteroatoms. The predicted octanol–water partition coefficient (Wildman–Crippen LogP) is 5.27. The highest BCUT2D eigenvalue weighted by Gasteiger charge is 2.08. The second-order valence-electron chi connectivity index (χ2n) is 6.51. The number of nitrogens with zero attached hydrogens (tertiary/aromatic N) is 3. The Hall–Kier alpha value is -4.06. The van der Waals surface area contributed by atoms with Crippen LogP contribution >= 0.6 is 0 Å². The Kier molecular flexibility index (Phi) is 5.75. The van der Waals surface area contributed by atoms with Crippen molar-refractivity contribution in [3.8, 4) is 22.8 Å². The van der Waals surface area contributed by atoms with Crippen LogP contribution in [0, 0.1) is 0 Å². The molecular formula is C24H22N4O2. The fourth-order valence-corrected chi connectivity index (χ4v) is 2.97. The summed E-state index contributed by atoms with van der Waals surface area (Å²) < 4.78 is 12.9. The van der Waals surface area contributed by atoms with Crippen molar-refractivity contribution >= 4 is 17.2 Å². The van der Waals surface area contributed by atoms with Gasteiger partial charge in [-0.15, -0.1) is 5.10 Å². The molecule has 0 spiro atoms. The van der Waals surface area contributed by atoms with E-state index in [9.17, 15) is 0 Å². The van der Waals surface area contributed by atoms with E-state index in [1.807, 2.05) is 65.2 Å². The monoisotopic (exact) mass is 398 g/mol. The van der Waals surface area contributed by atoms with Crippen LogP contribution in [0.25, 0.3) is 16.8 Å². The summed E-state index contributed by atoms with van der Waals surface area (Å²) in [6.07, 6.45) is 5.23. The zero-order valence-electron chi connectivity index (χ0n) is 16.5. The minimum absolute atomic E-state index is 0.477. The van der Waals surface area contributed by atoms with Crippen molar-refractivity contribution in [3.05, 3.63) is 92.2 Å². The van der Waals surface area contributed by atoms with Gasteiger partial charge in [0.1, 0.15) is 24.7 Å². The standard InChI is InChI=1S/C24H22N4O2/c1-3-15-29-21-10-5-18(6-11-21)23-14-9-20-17-25-24(27-28(20)23)26-19-7-12-22(13-8-19)30-16-4-2/h3-14,17H,1-2,15-16H2,(H,26,27). The molecule has 0 aliphatic rings. The molecule has 0 fully saturated rings. The molecule has 0 radical (unpaired) electrons. The molecule has 4 rings (SSSR count). The normalized spacial score (nSPS) is 10.5. The van der Waals surface area contributed by atoms with E-state index in [-0.39, 0.29) is 0 Å². The highest BCUT2D eigenvalue weighted by Crippen LogP contribution is 2.25. The SMILES string of the molecule is C=CCOc1ccc(Nc2ncc3ccc(-c4ccc(OCC=C)cc4)n3n2)cc1. The topological polar surface area (TPSA) is 60.7 Å². The van der Waals surface area contributed by atoms with Crippen LogP contribution in [0.5, 0.6) is 11.5 Å². The molecule has 4 aromatic rings. The number of benzene rings is 2. The minimum atomic E-state index is 0.477. The third kappa shape index (κ3) is 4.33. The molecule has 30 heavy (non-hydrogen) atoms. The van der Waals surface area contributed by atoms with Crippen molar-refractivity contribution in [3.63, 3.8) is 0 Å². The van der Waals surface area contributed by atoms with Crippen LogP contribution in [0.2, 0.25) is 0 Å². The van der Waals surface area contributed by atoms with E-state index in [0.29, 0.717) is 19.2 Å². The first kappa shape index (κ1) is 19.3. The molecule has 0 aliphatic heterocycles. The fourth-order valence-electron chi connectivity index (χ4n) is 2.97. The van der Waals surface area contributed by atoms with Crippen molar-refractivity contribution in [2.24, 2.45) is 0 Å². The molecular weight excluding hydrogens is 376 g/mol. The average Bonchev–Trinajstić information content (AvgIpc) is 3.21. The molecule has 2 aromatic heterocycles. The molecule has 6 nitrogen and oxygen atoms in total. The van der Waals surface area contributed by atoms with Crippen molar-refractivity contribution < 1.29 is 9.47 Å². The van der Waals surface area contributed by atoms with Gasteiger partial charge < -0.3 is 14.8 Å². The number of aromatic nitrogens is 3. The number of hydrogen-bond acceptors (Lipinski definition) is 5. The van der Waals surface area contributed by atoms with Gasteiger partial charge >= 0.3 is 0 Å². The molecule has 0 amide bonds. The van der Waals surface area contributed by atoms with Gasteiger partial charge in [0.15, 0.2) is 0 Å². The van der Waals surface area contributed by atoms with E-state index < -0.39 is 0 Å². The van der Waals surface area contributed by atoms with E-state index in [1.165, 1.54) is 0 Å². The van der Waals surface area contributed by atoms with Gasteiger partial charge in [-0.1, -0.05) is 25.3 Å². The molecule has 2 aromatic carbocycles. The number of hydrogen-bond donors (Lipinski definition) is 1. The number of fused-ring (bicyclic) bond motifs is 1. The highest BCUT2D eigenvalue weighted by molar-refractivity contribution is 5.67. The summed E-state index contributed by atoms with van der Waals surface area (Å²) in [5.41, 5.74) is 3.79. The van der Waals surface area contributed by atoms with E-state index in [0.717, 1.165) is 34.0 Å². The van der Waals surface area contributed by atoms with Gasteiger partial charge in [0.05, 0.1) is 17.4 Å². The summed E-state index contributed by atoms with van der Waals surface area (Å²) in [5.74, 6) is 2.09. The molecule has 2 heterocycles. The molecule has 0 unspecified atom stereocenters. The molecule has 150 valence electrons. The molecule has 0 saturated carbocycles. The Labute approximate surface area is 175 Å². The Morgan fingerprint density at radius 2 is 1.47 bits per heavy atom. The lowest BCUT2D eigenvalue weighted by Gasteiger charge is -2.09. The van der Waals surface area contributed by atoms with Crippen molar-refractivity contribution in [2.75, 3.05) is 18.5 Å². The maximum absolute atomic E-state index is 5.56. The van der Waals surface area contributed by atoms with Crippen LogP contribution < -0.4 is 14.8 Å². The van der Waals surface area contributed by atoms with E-state index in [4.69, 9.17) is 9.47 Å². The lowest BCUT2D eigenvalue weighted by molar-refractivity contribution is 0.363. The van der Waals surface area contributed by atoms with Gasteiger partial charge in [0, 0.05) is 11.3 Å². The fraction of sp³-hybridized carbons (Fsp3) is 0.0833. The van der Waals surface area contributed by atoms with Crippen molar-refractivity contribution in [1.82, 2.24) is 14.6 Å². The smallest absolute Gasteiger partial charge is 0.245 e. The molecule has 0 saturated heterocycles. The average molecular weight is 398 g/mol. The van der Waals surface area contributed by atoms with Gasteiger partial charge in [0.25, 0.3) is 0 Å². The first-order valence-electron chi connectivity index (χ1n) is 9.56. The third-order valence-electron chi connectivity index (χ3n) is 4.39. The van der Waals surface area contributed by atoms with E-state index in [2.05, 4.69) is 28.6 Å². The number of nitrogens with one attached hydrogen (secondary N) is 1. The van der Waals surface area contributed by atoms with Gasteiger partial charge in [0.2, 0.25) is 5.95 Å². The van der Waals surface area contributed by atoms with Crippen LogP contribution in [0.3, 0.4) is 0 Å². The lowest BCUT2D eigenvalue weighted by Crippen LogP contribution is -2.03. The summed E-state index contributed by atoms with van der Waals surface area (Å²) in [7, 11) is 0. The van der Waals surface area contributed by atoms with Gasteiger partial charge in [-0.3, -0.25) is 0 Å². The molecule has 0 atom stereocenters. The van der Waals surface area contributed by atoms with Gasteiger partial charge in [-0.2, -0.15) is 0 Å². The largest absolute Gasteiger partial charge is 0.490 e. The Morgan fingerprint density at radius 3 is 2.10 bits per heavy atom. The Bertz CT molecular complexity index is 1150. The quantitative estimate of drug-likeness (QED) is 0.389. The third-order valence-corrected chi connectivity index (χ3v) is 4.39. The molecule has 0 aliphatic carbocycles. The van der Waals surface area contributed by atoms with Crippen molar-refractivity contribution in [1.29, 1.82) is 0 Å². The highest BCUT2D eigenvalue weighted by atomic mass is 16.5. The predicted molar refractivity (Wildman–Crippen MR) is 120 cm³/mol. The van der Waals surface area contributed by atoms with Crippen LogP contribution in [0.15, 0.2) is 92.2 Å². The maximum Gasteiger partial charge on any atom is 0.245 e. The number of ether oxygens (including phenoxy) is 2. The molecule has 0 bridgehead atoms. The Morgan fingerprint density at radius 1 is 0.833 bits per heavy atom. The van der Waals surface area contributed by atoms with E-state index in [1.54, 1.807) is 18.3 Å². The second kappa shape index (κ2) is 8.96. The number of anilines is 2. The van der Waals surface area contributed by atoms with Crippen molar-refractivity contribution in [2.45, 2.75) is 0 Å². The summed E-state index contributed by atoms with van der Waals surface area (Å²) in [6, 6.07) is 19.5. The minimum Gasteiger partial charge on any atom is -0.490 e. The first-order valence-corrected chi connectivity index (χ1v) is 9.56. The summed E-state index contributed by atoms with van der Waals surface area (Å²) in [5, 5.41) is 7.89. The summed E-state index contributed by atoms with van der Waals surface area (Å²) >= 11 is 0. The van der Waals surface area contributed by atoms with Gasteiger partial charge in [-0.25, -0.2) is 9.50 Å². The van der Waals surface area contributed by atoms with Crippen LogP contribution in [-0.4, -0.2) is 27.8 Å². The summed E-state index contributed by atoms with van der Waals surface area (Å²) in [6.45, 7) is 8.27. The first-order chi connectivity index (χ1) is 14.8. The molecule has 1 N–H and O–H groups in total. The Balaban J connectivity index is 1.55. The zero-order valence-corrected chi connectivity index (χ0v) is 16.5. The van der Waals surface area contributed by atoms with Crippen LogP contribution in [0.4, 0.5) is 11.6 Å². The second-order valence-corrected chi connectivity index (χ2v) is 6.51.